The molecule has 6 rings (SSSR count). The fourth-order valence-corrected chi connectivity index (χ4v) is 6.61. The lowest BCUT2D eigenvalue weighted by atomic mass is 10.2. The van der Waals surface area contributed by atoms with Crippen molar-refractivity contribution < 1.29 is 31.6 Å². The molecule has 222 valence electrons. The van der Waals surface area contributed by atoms with E-state index in [0.717, 1.165) is 9.21 Å². The maximum Gasteiger partial charge on any atom is 0.252 e. The molecule has 12 heteroatoms. The Balaban J connectivity index is 1.31. The highest BCUT2D eigenvalue weighted by atomic mass is 32.2. The first-order chi connectivity index (χ1) is 21.1. The third kappa shape index (κ3) is 5.60. The normalized spacial score (nSPS) is 15.3. The number of benzene rings is 4. The number of nitrogens with zero attached hydrogens (tertiary/aromatic N) is 3. The highest BCUT2D eigenvalue weighted by Gasteiger charge is 2.47. The summed E-state index contributed by atoms with van der Waals surface area (Å²) in [7, 11) is -4.35. The van der Waals surface area contributed by atoms with E-state index in [9.17, 15) is 27.2 Å². The van der Waals surface area contributed by atoms with E-state index in [2.05, 4.69) is 10.3 Å². The van der Waals surface area contributed by atoms with Crippen molar-refractivity contribution in [1.29, 1.82) is 0 Å². The van der Waals surface area contributed by atoms with Crippen LogP contribution in [-0.4, -0.2) is 41.5 Å². The molecule has 10 nitrogen and oxygen atoms in total. The average molecular weight is 613 g/mol. The predicted molar refractivity (Wildman–Crippen MR) is 160 cm³/mol. The summed E-state index contributed by atoms with van der Waals surface area (Å²) in [4.78, 5) is 43.7. The van der Waals surface area contributed by atoms with E-state index in [-0.39, 0.29) is 23.0 Å². The summed E-state index contributed by atoms with van der Waals surface area (Å²) >= 11 is 0. The van der Waals surface area contributed by atoms with Gasteiger partial charge >= 0.3 is 0 Å². The molecule has 1 aromatic heterocycles. The first-order valence-corrected chi connectivity index (χ1v) is 15.0. The fourth-order valence-electron chi connectivity index (χ4n) is 5.04. The summed E-state index contributed by atoms with van der Waals surface area (Å²) in [5.41, 5.74) is 3.01. The van der Waals surface area contributed by atoms with Crippen LogP contribution in [0.4, 0.5) is 15.8 Å². The Morgan fingerprint density at radius 2 is 1.66 bits per heavy atom. The lowest BCUT2D eigenvalue weighted by molar-refractivity contribution is -0.122. The van der Waals surface area contributed by atoms with Gasteiger partial charge in [0.05, 0.1) is 17.0 Å². The molecule has 1 unspecified atom stereocenters. The predicted octanol–water partition coefficient (Wildman–Crippen LogP) is 5.12. The molecule has 3 amide bonds. The SMILES string of the molecule is CC(=O)Nc1ccc(S(=O)(=O)N(Cc2ccc(F)cc2)C2CC(=O)N(c3ccc(-c4nc5ccccc5o4)cc3)C2=O)cc1. The van der Waals surface area contributed by atoms with Crippen LogP contribution in [0.15, 0.2) is 106 Å². The molecule has 1 aliphatic rings. The molecule has 0 spiro atoms. The molecular weight excluding hydrogens is 587 g/mol. The van der Waals surface area contributed by atoms with Gasteiger partial charge in [0.25, 0.3) is 5.91 Å². The van der Waals surface area contributed by atoms with Crippen LogP contribution in [0.1, 0.15) is 18.9 Å². The van der Waals surface area contributed by atoms with Gasteiger partial charge in [0.1, 0.15) is 17.4 Å². The van der Waals surface area contributed by atoms with E-state index < -0.39 is 40.1 Å². The first-order valence-electron chi connectivity index (χ1n) is 13.6. The quantitative estimate of drug-likeness (QED) is 0.241. The third-order valence-electron chi connectivity index (χ3n) is 7.17. The molecule has 0 radical (unpaired) electrons. The number of imide groups is 1. The van der Waals surface area contributed by atoms with Gasteiger partial charge in [-0.1, -0.05) is 24.3 Å². The number of halogens is 1. The standard InChI is InChI=1S/C32H25FN4O6S/c1-20(38)34-24-12-16-26(17-13-24)44(41,42)36(19-21-6-10-23(33)11-7-21)28-18-30(39)37(32(28)40)25-14-8-22(9-15-25)31-35-27-4-2-3-5-29(27)43-31/h2-17,28H,18-19H2,1H3,(H,34,38). The first kappa shape index (κ1) is 28.9. The minimum absolute atomic E-state index is 0.143. The summed E-state index contributed by atoms with van der Waals surface area (Å²) in [6.45, 7) is 1.04. The van der Waals surface area contributed by atoms with Crippen molar-refractivity contribution in [1.82, 2.24) is 9.29 Å². The Bertz CT molecular complexity index is 1960. The van der Waals surface area contributed by atoms with Gasteiger partial charge in [-0.25, -0.2) is 22.7 Å². The second-order valence-corrected chi connectivity index (χ2v) is 12.1. The number of hydrogen-bond acceptors (Lipinski definition) is 7. The highest BCUT2D eigenvalue weighted by Crippen LogP contribution is 2.33. The number of carbonyl (C=O) groups excluding carboxylic acids is 3. The number of hydrogen-bond donors (Lipinski definition) is 1. The van der Waals surface area contributed by atoms with Gasteiger partial charge < -0.3 is 9.73 Å². The zero-order valence-corrected chi connectivity index (χ0v) is 24.1. The molecule has 44 heavy (non-hydrogen) atoms. The minimum Gasteiger partial charge on any atom is -0.436 e. The van der Waals surface area contributed by atoms with Crippen molar-refractivity contribution in [2.24, 2.45) is 0 Å². The fraction of sp³-hybridized carbons (Fsp3) is 0.125. The van der Waals surface area contributed by atoms with Crippen molar-refractivity contribution in [3.8, 4) is 11.5 Å². The van der Waals surface area contributed by atoms with Crippen LogP contribution in [0.25, 0.3) is 22.6 Å². The Hall–Kier alpha value is -5.20. The lowest BCUT2D eigenvalue weighted by Gasteiger charge is -2.27. The summed E-state index contributed by atoms with van der Waals surface area (Å²) < 4.78 is 48.3. The maximum atomic E-state index is 14.0. The number of rotatable bonds is 8. The molecule has 2 heterocycles. The smallest absolute Gasteiger partial charge is 0.252 e. The highest BCUT2D eigenvalue weighted by molar-refractivity contribution is 7.89. The Morgan fingerprint density at radius 1 is 0.977 bits per heavy atom. The molecule has 5 aromatic rings. The zero-order chi connectivity index (χ0) is 31.0. The Morgan fingerprint density at radius 3 is 2.32 bits per heavy atom. The van der Waals surface area contributed by atoms with E-state index in [0.29, 0.717) is 33.8 Å². The summed E-state index contributed by atoms with van der Waals surface area (Å²) in [6, 6.07) is 23.1. The van der Waals surface area contributed by atoms with Crippen LogP contribution in [0.3, 0.4) is 0 Å². The largest absolute Gasteiger partial charge is 0.436 e. The molecule has 0 saturated carbocycles. The van der Waals surface area contributed by atoms with E-state index in [1.165, 1.54) is 55.5 Å². The lowest BCUT2D eigenvalue weighted by Crippen LogP contribution is -2.45. The molecule has 0 aliphatic carbocycles. The van der Waals surface area contributed by atoms with Gasteiger partial charge in [-0.3, -0.25) is 14.4 Å². The third-order valence-corrected chi connectivity index (χ3v) is 9.04. The number of amides is 3. The van der Waals surface area contributed by atoms with Crippen molar-refractivity contribution >= 4 is 50.2 Å². The minimum atomic E-state index is -4.35. The van der Waals surface area contributed by atoms with Crippen LogP contribution in [-0.2, 0) is 31.0 Å². The van der Waals surface area contributed by atoms with Gasteiger partial charge in [-0.05, 0) is 78.4 Å². The zero-order valence-electron chi connectivity index (χ0n) is 23.3. The van der Waals surface area contributed by atoms with Crippen LogP contribution >= 0.6 is 0 Å². The van der Waals surface area contributed by atoms with Crippen LogP contribution in [0.5, 0.6) is 0 Å². The number of fused-ring (bicyclic) bond motifs is 1. The van der Waals surface area contributed by atoms with Gasteiger partial charge in [0.15, 0.2) is 5.58 Å². The Kier molecular flexibility index (Phi) is 7.53. The van der Waals surface area contributed by atoms with Crippen molar-refractivity contribution in [3.63, 3.8) is 0 Å². The molecule has 1 N–H and O–H groups in total. The topological polar surface area (TPSA) is 130 Å². The molecule has 1 aliphatic heterocycles. The molecule has 1 atom stereocenters. The Labute approximate surface area is 251 Å². The maximum absolute atomic E-state index is 14.0. The second-order valence-electron chi connectivity index (χ2n) is 10.2. The molecule has 1 saturated heterocycles. The van der Waals surface area contributed by atoms with Crippen molar-refractivity contribution in [2.45, 2.75) is 30.8 Å². The summed E-state index contributed by atoms with van der Waals surface area (Å²) in [6.07, 6.45) is -0.393. The number of aromatic nitrogens is 1. The second kappa shape index (κ2) is 11.5. The van der Waals surface area contributed by atoms with E-state index in [1.54, 1.807) is 30.3 Å². The van der Waals surface area contributed by atoms with Gasteiger partial charge in [-0.15, -0.1) is 0 Å². The van der Waals surface area contributed by atoms with E-state index in [4.69, 9.17) is 4.42 Å². The van der Waals surface area contributed by atoms with Crippen LogP contribution < -0.4 is 10.2 Å². The van der Waals surface area contributed by atoms with E-state index in [1.807, 2.05) is 18.2 Å². The number of anilines is 2. The summed E-state index contributed by atoms with van der Waals surface area (Å²) in [5.74, 6) is -1.75. The number of sulfonamides is 1. The molecule has 1 fully saturated rings. The average Bonchev–Trinajstić information content (AvgIpc) is 3.57. The molecule has 0 bridgehead atoms. The monoisotopic (exact) mass is 612 g/mol. The number of oxazole rings is 1. The van der Waals surface area contributed by atoms with Gasteiger partial charge in [-0.2, -0.15) is 4.31 Å². The van der Waals surface area contributed by atoms with Crippen molar-refractivity contribution in [3.05, 3.63) is 108 Å². The van der Waals surface area contributed by atoms with Gasteiger partial charge in [0, 0.05) is 24.7 Å². The van der Waals surface area contributed by atoms with Crippen LogP contribution in [0.2, 0.25) is 0 Å². The van der Waals surface area contributed by atoms with Crippen molar-refractivity contribution in [2.75, 3.05) is 10.2 Å². The molecular formula is C32H25FN4O6S. The van der Waals surface area contributed by atoms with E-state index >= 15 is 0 Å². The summed E-state index contributed by atoms with van der Waals surface area (Å²) in [5, 5.41) is 2.57. The number of carbonyl (C=O) groups is 3. The number of para-hydroxylation sites is 2. The van der Waals surface area contributed by atoms with Gasteiger partial charge in [0.2, 0.25) is 27.7 Å². The van der Waals surface area contributed by atoms with Crippen LogP contribution in [0, 0.1) is 5.82 Å². The number of nitrogens with one attached hydrogen (secondary N) is 1. The molecule has 4 aromatic carbocycles.